The monoisotopic (exact) mass is 485 g/mol. The molecule has 0 saturated carbocycles. The van der Waals surface area contributed by atoms with E-state index >= 15 is 0 Å². The van der Waals surface area contributed by atoms with Crippen LogP contribution in [0.4, 0.5) is 0 Å². The van der Waals surface area contributed by atoms with E-state index in [0.717, 1.165) is 45.2 Å². The van der Waals surface area contributed by atoms with Gasteiger partial charge < -0.3 is 29.2 Å². The molecule has 10 nitrogen and oxygen atoms in total. The molecular weight excluding hydrogens is 450 g/mol. The molecule has 0 radical (unpaired) electrons. The van der Waals surface area contributed by atoms with E-state index in [1.807, 2.05) is 0 Å². The minimum Gasteiger partial charge on any atom is -0.493 e. The van der Waals surface area contributed by atoms with E-state index in [1.54, 1.807) is 26.4 Å². The number of amides is 1. The lowest BCUT2D eigenvalue weighted by Gasteiger charge is -2.38. The molecule has 33 heavy (non-hydrogen) atoms. The van der Waals surface area contributed by atoms with Crippen molar-refractivity contribution in [1.29, 1.82) is 0 Å². The molecule has 3 rings (SSSR count). The summed E-state index contributed by atoms with van der Waals surface area (Å²) in [7, 11) is 0.0830. The van der Waals surface area contributed by atoms with Crippen molar-refractivity contribution in [1.82, 2.24) is 14.9 Å². The van der Waals surface area contributed by atoms with Crippen molar-refractivity contribution in [3.05, 3.63) is 17.7 Å². The van der Waals surface area contributed by atoms with Crippen molar-refractivity contribution in [2.45, 2.75) is 25.4 Å². The van der Waals surface area contributed by atoms with Gasteiger partial charge >= 0.3 is 0 Å². The SMILES string of the molecule is COc1ccc(C(=O)NCC2CCN(CCCNS(C)(=O)=O)CC2OC)c2c1OCCCO2. The third-order valence-corrected chi connectivity index (χ3v) is 6.67. The van der Waals surface area contributed by atoms with Crippen LogP contribution in [0.25, 0.3) is 0 Å². The Bertz CT molecular complexity index is 909. The summed E-state index contributed by atoms with van der Waals surface area (Å²) in [6, 6.07) is 3.42. The second-order valence-corrected chi connectivity index (χ2v) is 10.2. The van der Waals surface area contributed by atoms with Gasteiger partial charge in [0.1, 0.15) is 0 Å². The Morgan fingerprint density at radius 2 is 1.97 bits per heavy atom. The molecule has 1 fully saturated rings. The van der Waals surface area contributed by atoms with E-state index in [9.17, 15) is 13.2 Å². The van der Waals surface area contributed by atoms with Crippen molar-refractivity contribution in [2.24, 2.45) is 5.92 Å². The number of nitrogens with one attached hydrogen (secondary N) is 2. The Balaban J connectivity index is 1.54. The Hall–Kier alpha value is -2.08. The van der Waals surface area contributed by atoms with Gasteiger partial charge in [-0.25, -0.2) is 13.1 Å². The summed E-state index contributed by atoms with van der Waals surface area (Å²) in [4.78, 5) is 15.3. The number of carbonyl (C=O) groups is 1. The second kappa shape index (κ2) is 11.9. The molecule has 1 aromatic rings. The van der Waals surface area contributed by atoms with Crippen molar-refractivity contribution in [3.63, 3.8) is 0 Å². The summed E-state index contributed by atoms with van der Waals surface area (Å²) in [5.74, 6) is 1.39. The molecule has 1 aromatic carbocycles. The van der Waals surface area contributed by atoms with Crippen LogP contribution in [0.1, 0.15) is 29.6 Å². The van der Waals surface area contributed by atoms with Crippen LogP contribution in [0.3, 0.4) is 0 Å². The predicted molar refractivity (Wildman–Crippen MR) is 124 cm³/mol. The molecule has 2 N–H and O–H groups in total. The number of ether oxygens (including phenoxy) is 4. The third kappa shape index (κ3) is 7.20. The number of nitrogens with zero attached hydrogens (tertiary/aromatic N) is 1. The summed E-state index contributed by atoms with van der Waals surface area (Å²) in [5, 5.41) is 3.03. The number of piperidine rings is 1. The lowest BCUT2D eigenvalue weighted by Crippen LogP contribution is -2.49. The van der Waals surface area contributed by atoms with Crippen molar-refractivity contribution in [3.8, 4) is 17.2 Å². The maximum absolute atomic E-state index is 13.0. The fourth-order valence-corrected chi connectivity index (χ4v) is 4.70. The Morgan fingerprint density at radius 3 is 2.67 bits per heavy atom. The van der Waals surface area contributed by atoms with Crippen LogP contribution in [-0.4, -0.2) is 91.7 Å². The zero-order valence-electron chi connectivity index (χ0n) is 19.6. The molecule has 2 aliphatic rings. The Labute approximate surface area is 195 Å². The van der Waals surface area contributed by atoms with E-state index in [1.165, 1.54) is 0 Å². The molecular formula is C22H35N3O7S. The summed E-state index contributed by atoms with van der Waals surface area (Å²) in [6.45, 7) is 4.29. The molecule has 0 aromatic heterocycles. The average Bonchev–Trinajstić information content (AvgIpc) is 3.05. The van der Waals surface area contributed by atoms with Gasteiger partial charge in [-0.2, -0.15) is 0 Å². The van der Waals surface area contributed by atoms with Gasteiger partial charge in [-0.15, -0.1) is 0 Å². The van der Waals surface area contributed by atoms with Gasteiger partial charge in [-0.1, -0.05) is 0 Å². The van der Waals surface area contributed by atoms with Gasteiger partial charge in [0.15, 0.2) is 11.5 Å². The number of hydrogen-bond donors (Lipinski definition) is 2. The molecule has 0 bridgehead atoms. The van der Waals surface area contributed by atoms with Crippen LogP contribution in [0.5, 0.6) is 17.2 Å². The van der Waals surface area contributed by atoms with Crippen LogP contribution < -0.4 is 24.2 Å². The van der Waals surface area contributed by atoms with Crippen LogP contribution in [0.15, 0.2) is 12.1 Å². The number of hydrogen-bond acceptors (Lipinski definition) is 8. The zero-order chi connectivity index (χ0) is 23.8. The van der Waals surface area contributed by atoms with Gasteiger partial charge in [-0.05, 0) is 38.1 Å². The van der Waals surface area contributed by atoms with Gasteiger partial charge in [0.2, 0.25) is 15.8 Å². The summed E-state index contributed by atoms with van der Waals surface area (Å²) in [5.41, 5.74) is 0.428. The fourth-order valence-electron chi connectivity index (χ4n) is 4.18. The highest BCUT2D eigenvalue weighted by Gasteiger charge is 2.30. The molecule has 2 heterocycles. The summed E-state index contributed by atoms with van der Waals surface area (Å²) < 4.78 is 47.5. The van der Waals surface area contributed by atoms with Gasteiger partial charge in [0, 0.05) is 39.1 Å². The number of sulfonamides is 1. The van der Waals surface area contributed by atoms with Gasteiger partial charge in [0.25, 0.3) is 5.91 Å². The first-order valence-electron chi connectivity index (χ1n) is 11.3. The lowest BCUT2D eigenvalue weighted by atomic mass is 9.93. The van der Waals surface area contributed by atoms with E-state index in [2.05, 4.69) is 14.9 Å². The molecule has 1 saturated heterocycles. The minimum absolute atomic E-state index is 0.0190. The standard InChI is InChI=1S/C22H35N3O7S/c1-29-18-7-6-17(20-21(18)32-13-5-12-31-20)22(26)23-14-16-8-11-25(15-19(16)30-2)10-4-9-24-33(3,27)28/h6-7,16,19,24H,4-5,8-15H2,1-3H3,(H,23,26). The number of rotatable bonds is 10. The van der Waals surface area contributed by atoms with Crippen molar-refractivity contribution in [2.75, 3.05) is 66.4 Å². The minimum atomic E-state index is -3.16. The maximum atomic E-state index is 13.0. The summed E-state index contributed by atoms with van der Waals surface area (Å²) >= 11 is 0. The number of methoxy groups -OCH3 is 2. The molecule has 1 amide bonds. The number of benzene rings is 1. The van der Waals surface area contributed by atoms with Gasteiger partial charge in [-0.3, -0.25) is 4.79 Å². The van der Waals surface area contributed by atoms with Crippen molar-refractivity contribution < 1.29 is 32.2 Å². The van der Waals surface area contributed by atoms with Crippen LogP contribution in [0.2, 0.25) is 0 Å². The first kappa shape index (κ1) is 25.5. The molecule has 11 heteroatoms. The smallest absolute Gasteiger partial charge is 0.255 e. The molecule has 2 unspecified atom stereocenters. The number of carbonyl (C=O) groups excluding carboxylic acids is 1. The second-order valence-electron chi connectivity index (χ2n) is 8.38. The van der Waals surface area contributed by atoms with E-state index < -0.39 is 10.0 Å². The molecule has 186 valence electrons. The topological polar surface area (TPSA) is 115 Å². The predicted octanol–water partition coefficient (Wildman–Crippen LogP) is 0.863. The normalized spacial score (nSPS) is 21.3. The molecule has 0 spiro atoms. The first-order chi connectivity index (χ1) is 15.8. The quantitative estimate of drug-likeness (QED) is 0.469. The summed E-state index contributed by atoms with van der Waals surface area (Å²) in [6.07, 6.45) is 3.48. The van der Waals surface area contributed by atoms with Crippen molar-refractivity contribution >= 4 is 15.9 Å². The molecule has 2 aliphatic heterocycles. The maximum Gasteiger partial charge on any atom is 0.255 e. The number of fused-ring (bicyclic) bond motifs is 1. The molecule has 2 atom stereocenters. The highest BCUT2D eigenvalue weighted by molar-refractivity contribution is 7.88. The van der Waals surface area contributed by atoms with Crippen LogP contribution >= 0.6 is 0 Å². The van der Waals surface area contributed by atoms with Gasteiger partial charge in [0.05, 0.1) is 38.2 Å². The molecule has 0 aliphatic carbocycles. The highest BCUT2D eigenvalue weighted by Crippen LogP contribution is 2.41. The lowest BCUT2D eigenvalue weighted by molar-refractivity contribution is -0.0105. The Kier molecular flexibility index (Phi) is 9.19. The number of likely N-dealkylation sites (tertiary alicyclic amines) is 1. The average molecular weight is 486 g/mol. The van der Waals surface area contributed by atoms with Crippen LogP contribution in [0, 0.1) is 5.92 Å². The zero-order valence-corrected chi connectivity index (χ0v) is 20.4. The highest BCUT2D eigenvalue weighted by atomic mass is 32.2. The first-order valence-corrected chi connectivity index (χ1v) is 13.2. The van der Waals surface area contributed by atoms with E-state index in [0.29, 0.717) is 49.1 Å². The Morgan fingerprint density at radius 1 is 1.21 bits per heavy atom. The largest absolute Gasteiger partial charge is 0.493 e. The van der Waals surface area contributed by atoms with E-state index in [4.69, 9.17) is 18.9 Å². The van der Waals surface area contributed by atoms with Crippen LogP contribution in [-0.2, 0) is 14.8 Å². The van der Waals surface area contributed by atoms with E-state index in [-0.39, 0.29) is 17.9 Å². The fraction of sp³-hybridized carbons (Fsp3) is 0.682. The third-order valence-electron chi connectivity index (χ3n) is 5.95.